The van der Waals surface area contributed by atoms with Crippen LogP contribution in [0, 0.1) is 6.92 Å². The van der Waals surface area contributed by atoms with Crippen molar-refractivity contribution in [2.45, 2.75) is 32.7 Å². The van der Waals surface area contributed by atoms with Gasteiger partial charge < -0.3 is 14.5 Å². The number of carbonyl (C=O) groups is 1. The second-order valence-electron chi connectivity index (χ2n) is 9.73. The first-order valence-electron chi connectivity index (χ1n) is 12.5. The Bertz CT molecular complexity index is 1840. The molecule has 1 N–H and O–H groups in total. The summed E-state index contributed by atoms with van der Waals surface area (Å²) in [7, 11) is 3.48. The number of aryl methyl sites for hydroxylation is 5. The van der Waals surface area contributed by atoms with Crippen molar-refractivity contribution in [2.75, 3.05) is 5.32 Å². The number of hydrogen-bond donors (Lipinski definition) is 1. The summed E-state index contributed by atoms with van der Waals surface area (Å²) in [5.41, 5.74) is 4.31. The van der Waals surface area contributed by atoms with Crippen LogP contribution >= 0.6 is 0 Å². The van der Waals surface area contributed by atoms with Crippen LogP contribution in [0.1, 0.15) is 34.6 Å². The summed E-state index contributed by atoms with van der Waals surface area (Å²) in [6, 6.07) is 9.12. The molecule has 0 atom stereocenters. The molecule has 5 aromatic heterocycles. The minimum atomic E-state index is -0.238. The Balaban J connectivity index is 1.48. The van der Waals surface area contributed by atoms with Crippen molar-refractivity contribution < 1.29 is 4.79 Å². The highest BCUT2D eigenvalue weighted by atomic mass is 16.1. The molecule has 10 heteroatoms. The predicted octanol–water partition coefficient (Wildman–Crippen LogP) is 3.49. The van der Waals surface area contributed by atoms with E-state index in [1.807, 2.05) is 32.2 Å². The first kappa shape index (κ1) is 23.7. The highest BCUT2D eigenvalue weighted by Crippen LogP contribution is 2.28. The maximum atomic E-state index is 13.6. The molecule has 1 aliphatic heterocycles. The first-order chi connectivity index (χ1) is 18.4. The Hall–Kier alpha value is -4.73. The van der Waals surface area contributed by atoms with Crippen molar-refractivity contribution in [1.82, 2.24) is 28.5 Å². The number of pyridine rings is 3. The number of aromatic nitrogens is 6. The molecule has 0 unspecified atom stereocenters. The number of rotatable bonds is 5. The van der Waals surface area contributed by atoms with E-state index in [-0.39, 0.29) is 22.5 Å². The Kier molecular flexibility index (Phi) is 5.59. The third kappa shape index (κ3) is 3.76. The van der Waals surface area contributed by atoms with E-state index in [1.165, 1.54) is 9.13 Å². The Labute approximate surface area is 217 Å². The molecular formula is C28H27N7O3. The van der Waals surface area contributed by atoms with Gasteiger partial charge in [0.15, 0.2) is 17.9 Å². The average Bonchev–Trinajstić information content (AvgIpc) is 3.45. The van der Waals surface area contributed by atoms with E-state index >= 15 is 0 Å². The summed E-state index contributed by atoms with van der Waals surface area (Å²) >= 11 is 0. The first-order valence-corrected chi connectivity index (χ1v) is 12.5. The minimum absolute atomic E-state index is 0.217. The summed E-state index contributed by atoms with van der Waals surface area (Å²) < 4.78 is 6.80. The van der Waals surface area contributed by atoms with Crippen molar-refractivity contribution >= 4 is 28.7 Å². The molecule has 0 amide bonds. The van der Waals surface area contributed by atoms with E-state index in [4.69, 9.17) is 0 Å². The topological polar surface area (TPSA) is 109 Å². The van der Waals surface area contributed by atoms with Crippen LogP contribution in [0.3, 0.4) is 0 Å². The fraction of sp³-hybridized carbons (Fsp3) is 0.250. The largest absolute Gasteiger partial charge is 0.344 e. The van der Waals surface area contributed by atoms with Gasteiger partial charge in [-0.1, -0.05) is 0 Å². The van der Waals surface area contributed by atoms with E-state index < -0.39 is 0 Å². The lowest BCUT2D eigenvalue weighted by Crippen LogP contribution is -2.21. The summed E-state index contributed by atoms with van der Waals surface area (Å²) in [4.78, 5) is 43.3. The Morgan fingerprint density at radius 2 is 1.89 bits per heavy atom. The predicted molar refractivity (Wildman–Crippen MR) is 146 cm³/mol. The molecule has 38 heavy (non-hydrogen) atoms. The van der Waals surface area contributed by atoms with Crippen LogP contribution in [0.4, 0.5) is 11.5 Å². The summed E-state index contributed by atoms with van der Waals surface area (Å²) in [5, 5.41) is 8.09. The van der Waals surface area contributed by atoms with Gasteiger partial charge in [0.25, 0.3) is 11.1 Å². The van der Waals surface area contributed by atoms with Crippen LogP contribution < -0.4 is 16.4 Å². The molecule has 0 aliphatic carbocycles. The van der Waals surface area contributed by atoms with Crippen LogP contribution in [0.5, 0.6) is 0 Å². The second-order valence-corrected chi connectivity index (χ2v) is 9.73. The number of nitrogens with one attached hydrogen (secondary N) is 1. The molecule has 0 radical (unpaired) electrons. The lowest BCUT2D eigenvalue weighted by atomic mass is 10.0. The lowest BCUT2D eigenvalue weighted by Gasteiger charge is -2.16. The highest BCUT2D eigenvalue weighted by molar-refractivity contribution is 5.92. The number of nitrogens with zero attached hydrogens (tertiary/aromatic N) is 6. The van der Waals surface area contributed by atoms with E-state index in [0.29, 0.717) is 34.3 Å². The fourth-order valence-electron chi connectivity index (χ4n) is 5.26. The molecule has 1 aliphatic rings. The van der Waals surface area contributed by atoms with Crippen LogP contribution in [0.25, 0.3) is 27.8 Å². The second kappa shape index (κ2) is 8.98. The van der Waals surface area contributed by atoms with Crippen molar-refractivity contribution in [3.8, 4) is 16.9 Å². The van der Waals surface area contributed by atoms with Crippen LogP contribution in [0.2, 0.25) is 0 Å². The van der Waals surface area contributed by atoms with Gasteiger partial charge in [-0.25, -0.2) is 4.98 Å². The third-order valence-electron chi connectivity index (χ3n) is 7.31. The maximum Gasteiger partial charge on any atom is 0.274 e. The van der Waals surface area contributed by atoms with Crippen LogP contribution in [-0.4, -0.2) is 34.8 Å². The summed E-state index contributed by atoms with van der Waals surface area (Å²) in [5.74, 6) is 0.790. The molecule has 0 fully saturated rings. The zero-order valence-electron chi connectivity index (χ0n) is 21.4. The molecule has 5 aromatic rings. The highest BCUT2D eigenvalue weighted by Gasteiger charge is 2.20. The molecule has 10 nitrogen and oxygen atoms in total. The zero-order valence-corrected chi connectivity index (χ0v) is 21.4. The SMILES string of the molecule is Cc1cc(Nc2cc(-c3ccnc(-n4ccc5c(cc6n5CCCC6)c4=O)c3C=O)cn(C)c2=O)nn1C. The quantitative estimate of drug-likeness (QED) is 0.364. The smallest absolute Gasteiger partial charge is 0.274 e. The molecule has 0 aromatic carbocycles. The number of hydrogen-bond acceptors (Lipinski definition) is 6. The van der Waals surface area contributed by atoms with Gasteiger partial charge in [0, 0.05) is 62.2 Å². The van der Waals surface area contributed by atoms with Crippen molar-refractivity contribution in [1.29, 1.82) is 0 Å². The van der Waals surface area contributed by atoms with Crippen LogP contribution in [-0.2, 0) is 27.1 Å². The van der Waals surface area contributed by atoms with Crippen molar-refractivity contribution in [3.05, 3.63) is 86.6 Å². The molecule has 6 heterocycles. The summed E-state index contributed by atoms with van der Waals surface area (Å²) in [6.45, 7) is 2.82. The van der Waals surface area contributed by atoms with Gasteiger partial charge in [-0.2, -0.15) is 5.10 Å². The van der Waals surface area contributed by atoms with E-state index in [9.17, 15) is 14.4 Å². The van der Waals surface area contributed by atoms with Gasteiger partial charge in [0.05, 0.1) is 16.5 Å². The van der Waals surface area contributed by atoms with Crippen LogP contribution in [0.15, 0.2) is 58.5 Å². The maximum absolute atomic E-state index is 13.6. The van der Waals surface area contributed by atoms with Gasteiger partial charge in [0.2, 0.25) is 0 Å². The number of aldehydes is 1. The van der Waals surface area contributed by atoms with Gasteiger partial charge in [-0.05, 0) is 56.0 Å². The van der Waals surface area contributed by atoms with E-state index in [2.05, 4.69) is 20.0 Å². The average molecular weight is 510 g/mol. The molecule has 0 bridgehead atoms. The molecule has 192 valence electrons. The van der Waals surface area contributed by atoms with Gasteiger partial charge in [0.1, 0.15) is 5.69 Å². The molecule has 0 saturated carbocycles. The normalized spacial score (nSPS) is 13.0. The minimum Gasteiger partial charge on any atom is -0.344 e. The van der Waals surface area contributed by atoms with Crippen molar-refractivity contribution in [2.24, 2.45) is 14.1 Å². The molecule has 0 spiro atoms. The number of carbonyl (C=O) groups excluding carboxylic acids is 1. The lowest BCUT2D eigenvalue weighted by molar-refractivity contribution is 0.112. The molecule has 0 saturated heterocycles. The fourth-order valence-corrected chi connectivity index (χ4v) is 5.26. The number of fused-ring (bicyclic) bond motifs is 3. The molecular weight excluding hydrogens is 482 g/mol. The Morgan fingerprint density at radius 3 is 2.66 bits per heavy atom. The Morgan fingerprint density at radius 1 is 1.05 bits per heavy atom. The monoisotopic (exact) mass is 509 g/mol. The van der Waals surface area contributed by atoms with E-state index in [0.717, 1.165) is 42.7 Å². The van der Waals surface area contributed by atoms with Gasteiger partial charge in [-0.3, -0.25) is 23.6 Å². The van der Waals surface area contributed by atoms with Gasteiger partial charge in [-0.15, -0.1) is 0 Å². The van der Waals surface area contributed by atoms with Gasteiger partial charge >= 0.3 is 0 Å². The standard InChI is InChI=1S/C28H27N7O3/c1-17-12-25(31-33(17)3)30-23-13-18(15-32(2)28(23)38)20-7-9-29-26(22(20)16-36)35-11-8-24-21(27(35)37)14-19-6-4-5-10-34(19)24/h7-9,11-16H,4-6,10H2,1-3H3,(H,30,31). The zero-order chi connectivity index (χ0) is 26.6. The van der Waals surface area contributed by atoms with E-state index in [1.54, 1.807) is 42.5 Å². The molecule has 6 rings (SSSR count). The summed E-state index contributed by atoms with van der Waals surface area (Å²) in [6.07, 6.45) is 8.77. The third-order valence-corrected chi connectivity index (χ3v) is 7.31. The number of anilines is 2. The van der Waals surface area contributed by atoms with Crippen molar-refractivity contribution in [3.63, 3.8) is 0 Å².